The summed E-state index contributed by atoms with van der Waals surface area (Å²) in [6.45, 7) is 2.04. The molecule has 2 aliphatic carbocycles. The third-order valence-electron chi connectivity index (χ3n) is 5.34. The molecule has 4 atom stereocenters. The molecule has 0 saturated heterocycles. The number of nitriles is 3. The Morgan fingerprint density at radius 3 is 2.57 bits per heavy atom. The third kappa shape index (κ3) is 2.19. The van der Waals surface area contributed by atoms with Crippen molar-refractivity contribution in [2.75, 3.05) is 0 Å². The number of thiophene rings is 1. The van der Waals surface area contributed by atoms with Crippen molar-refractivity contribution in [2.45, 2.75) is 38.1 Å². The van der Waals surface area contributed by atoms with Crippen LogP contribution in [0, 0.1) is 58.2 Å². The Bertz CT molecular complexity index is 756. The summed E-state index contributed by atoms with van der Waals surface area (Å²) in [6.07, 6.45) is 5.11. The van der Waals surface area contributed by atoms with Gasteiger partial charge in [-0.05, 0) is 49.8 Å². The molecule has 4 nitrogen and oxygen atoms in total. The third-order valence-corrected chi connectivity index (χ3v) is 6.43. The maximum atomic E-state index is 9.92. The molecule has 23 heavy (non-hydrogen) atoms. The van der Waals surface area contributed by atoms with E-state index in [2.05, 4.69) is 30.0 Å². The fraction of sp³-hybridized carbons (Fsp3) is 0.500. The second-order valence-corrected chi connectivity index (χ2v) is 7.79. The lowest BCUT2D eigenvalue weighted by Gasteiger charge is -2.46. The molecule has 5 heteroatoms. The zero-order chi connectivity index (χ0) is 16.6. The molecule has 1 saturated carbocycles. The predicted octanol–water partition coefficient (Wildman–Crippen LogP) is 2.66. The van der Waals surface area contributed by atoms with E-state index in [1.165, 1.54) is 4.88 Å². The highest BCUT2D eigenvalue weighted by Gasteiger charge is 2.61. The van der Waals surface area contributed by atoms with E-state index in [1.807, 2.05) is 19.1 Å². The number of fused-ring (bicyclic) bond motifs is 1. The molecule has 0 bridgehead atoms. The number of quaternary nitrogens is 1. The molecule has 1 aromatic rings. The molecule has 0 aromatic carbocycles. The smallest absolute Gasteiger partial charge is 0.204 e. The fourth-order valence-electron chi connectivity index (χ4n) is 4.22. The molecule has 0 radical (unpaired) electrons. The second-order valence-electron chi connectivity index (χ2n) is 6.47. The topological polar surface area (TPSA) is 99.0 Å². The van der Waals surface area contributed by atoms with Gasteiger partial charge in [0.25, 0.3) is 0 Å². The van der Waals surface area contributed by atoms with E-state index in [9.17, 15) is 15.8 Å². The van der Waals surface area contributed by atoms with Crippen LogP contribution in [0.15, 0.2) is 23.8 Å². The minimum atomic E-state index is -1.24. The molecule has 0 aliphatic heterocycles. The van der Waals surface area contributed by atoms with Crippen LogP contribution in [0.1, 0.15) is 34.9 Å². The molecule has 0 amide bonds. The van der Waals surface area contributed by atoms with Crippen LogP contribution in [0.3, 0.4) is 0 Å². The van der Waals surface area contributed by atoms with Crippen LogP contribution < -0.4 is 5.73 Å². The normalized spacial score (nSPS) is 31.9. The molecule has 0 spiro atoms. The van der Waals surface area contributed by atoms with Crippen molar-refractivity contribution in [3.8, 4) is 18.2 Å². The Morgan fingerprint density at radius 2 is 2.00 bits per heavy atom. The number of aryl methyl sites for hydroxylation is 1. The van der Waals surface area contributed by atoms with E-state index in [0.29, 0.717) is 0 Å². The van der Waals surface area contributed by atoms with Gasteiger partial charge in [0, 0.05) is 15.7 Å². The van der Waals surface area contributed by atoms with Gasteiger partial charge < -0.3 is 5.73 Å². The molecule has 3 rings (SSSR count). The molecule has 2 aliphatic rings. The summed E-state index contributed by atoms with van der Waals surface area (Å²) in [5.74, 6) is -0.518. The van der Waals surface area contributed by atoms with E-state index in [-0.39, 0.29) is 11.8 Å². The Kier molecular flexibility index (Phi) is 3.99. The fourth-order valence-corrected chi connectivity index (χ4v) is 5.34. The van der Waals surface area contributed by atoms with E-state index in [4.69, 9.17) is 0 Å². The zero-order valence-electron chi connectivity index (χ0n) is 13.1. The van der Waals surface area contributed by atoms with Gasteiger partial charge in [-0.2, -0.15) is 15.8 Å². The minimum Gasteiger partial charge on any atom is -0.352 e. The Hall–Kier alpha value is -2.13. The number of allylic oxidation sites excluding steroid dienone is 1. The average Bonchev–Trinajstić information content (AvgIpc) is 3.00. The van der Waals surface area contributed by atoms with Crippen LogP contribution in [-0.2, 0) is 0 Å². The molecule has 116 valence electrons. The first-order chi connectivity index (χ1) is 11.1. The maximum absolute atomic E-state index is 9.92. The van der Waals surface area contributed by atoms with Crippen LogP contribution in [0.5, 0.6) is 0 Å². The van der Waals surface area contributed by atoms with E-state index in [1.54, 1.807) is 11.3 Å². The van der Waals surface area contributed by atoms with Gasteiger partial charge in [-0.25, -0.2) is 0 Å². The summed E-state index contributed by atoms with van der Waals surface area (Å²) in [5, 5.41) is 29.5. The van der Waals surface area contributed by atoms with Crippen molar-refractivity contribution in [1.82, 2.24) is 0 Å². The molecular formula is C18H19N4S+. The minimum absolute atomic E-state index is 0.101. The molecule has 1 aromatic heterocycles. The van der Waals surface area contributed by atoms with Crippen LogP contribution >= 0.6 is 11.3 Å². The van der Waals surface area contributed by atoms with Crippen molar-refractivity contribution < 1.29 is 5.73 Å². The highest BCUT2D eigenvalue weighted by atomic mass is 32.1. The lowest BCUT2D eigenvalue weighted by Crippen LogP contribution is -2.74. The Balaban J connectivity index is 2.23. The van der Waals surface area contributed by atoms with Crippen molar-refractivity contribution in [1.29, 1.82) is 15.8 Å². The van der Waals surface area contributed by atoms with Crippen molar-refractivity contribution in [3.63, 3.8) is 0 Å². The summed E-state index contributed by atoms with van der Waals surface area (Å²) in [4.78, 5) is 2.25. The van der Waals surface area contributed by atoms with Gasteiger partial charge in [-0.15, -0.1) is 11.3 Å². The average molecular weight is 323 g/mol. The highest BCUT2D eigenvalue weighted by molar-refractivity contribution is 7.12. The summed E-state index contributed by atoms with van der Waals surface area (Å²) in [6, 6.07) is 10.4. The maximum Gasteiger partial charge on any atom is 0.204 e. The van der Waals surface area contributed by atoms with Gasteiger partial charge in [0.2, 0.25) is 5.41 Å². The Labute approximate surface area is 140 Å². The van der Waals surface area contributed by atoms with Crippen molar-refractivity contribution in [3.05, 3.63) is 33.5 Å². The standard InChI is InChI=1S/C18H18N4S/c1-11-6-7-15(23-11)16-13-5-3-2-4-12(13)14(8-19)17(22)18(16,9-20)10-21/h4,6-7,13-14,16-17H,2-3,5,22H2,1H3/p+1/t13-,14-,16+,17-/m0/s1. The van der Waals surface area contributed by atoms with Crippen LogP contribution in [0.25, 0.3) is 0 Å². The number of hydrogen-bond donors (Lipinski definition) is 1. The molecule has 0 unspecified atom stereocenters. The van der Waals surface area contributed by atoms with E-state index >= 15 is 0 Å². The van der Waals surface area contributed by atoms with Crippen molar-refractivity contribution >= 4 is 11.3 Å². The number of rotatable bonds is 1. The SMILES string of the molecule is Cc1ccc([C@H]2[C@H]3CCCC=C3[C@H](C#N)[C@H]([NH3+])C2(C#N)C#N)s1. The first kappa shape index (κ1) is 15.8. The molecule has 3 N–H and O–H groups in total. The van der Waals surface area contributed by atoms with E-state index < -0.39 is 17.4 Å². The van der Waals surface area contributed by atoms with Gasteiger partial charge >= 0.3 is 0 Å². The predicted molar refractivity (Wildman–Crippen MR) is 86.7 cm³/mol. The molecule has 1 heterocycles. The highest BCUT2D eigenvalue weighted by Crippen LogP contribution is 2.56. The Morgan fingerprint density at radius 1 is 1.26 bits per heavy atom. The molecule has 1 fully saturated rings. The summed E-state index contributed by atoms with van der Waals surface area (Å²) >= 11 is 1.65. The van der Waals surface area contributed by atoms with Gasteiger partial charge in [0.05, 0.1) is 18.2 Å². The van der Waals surface area contributed by atoms with Gasteiger partial charge in [0.15, 0.2) is 0 Å². The number of hydrogen-bond acceptors (Lipinski definition) is 4. The first-order valence-corrected chi connectivity index (χ1v) is 8.72. The van der Waals surface area contributed by atoms with E-state index in [0.717, 1.165) is 29.7 Å². The van der Waals surface area contributed by atoms with Crippen LogP contribution in [0.2, 0.25) is 0 Å². The monoisotopic (exact) mass is 323 g/mol. The van der Waals surface area contributed by atoms with Crippen LogP contribution in [-0.4, -0.2) is 6.04 Å². The second kappa shape index (κ2) is 5.82. The van der Waals surface area contributed by atoms with Crippen LogP contribution in [0.4, 0.5) is 0 Å². The van der Waals surface area contributed by atoms with Gasteiger partial charge in [0.1, 0.15) is 12.0 Å². The quantitative estimate of drug-likeness (QED) is 0.804. The van der Waals surface area contributed by atoms with Gasteiger partial charge in [-0.1, -0.05) is 6.08 Å². The first-order valence-electron chi connectivity index (χ1n) is 7.90. The summed E-state index contributed by atoms with van der Waals surface area (Å²) < 4.78 is 0. The summed E-state index contributed by atoms with van der Waals surface area (Å²) in [5.41, 5.74) is 3.98. The summed E-state index contributed by atoms with van der Waals surface area (Å²) in [7, 11) is 0. The van der Waals surface area contributed by atoms with Gasteiger partial charge in [-0.3, -0.25) is 0 Å². The number of nitrogens with zero attached hydrogens (tertiary/aromatic N) is 3. The lowest BCUT2D eigenvalue weighted by atomic mass is 9.53. The zero-order valence-corrected chi connectivity index (χ0v) is 13.9. The molecular weight excluding hydrogens is 304 g/mol. The van der Waals surface area contributed by atoms with Crippen molar-refractivity contribution in [2.24, 2.45) is 17.3 Å². The lowest BCUT2D eigenvalue weighted by molar-refractivity contribution is -0.449. The largest absolute Gasteiger partial charge is 0.352 e.